The Labute approximate surface area is 124 Å². The van der Waals surface area contributed by atoms with E-state index >= 15 is 0 Å². The molecule has 0 radical (unpaired) electrons. The van der Waals surface area contributed by atoms with E-state index in [0.717, 1.165) is 18.0 Å². The van der Waals surface area contributed by atoms with Gasteiger partial charge in [0.25, 0.3) is 0 Å². The minimum atomic E-state index is -0.103. The van der Waals surface area contributed by atoms with Crippen molar-refractivity contribution >= 4 is 15.9 Å². The molecule has 0 aliphatic heterocycles. The van der Waals surface area contributed by atoms with Crippen LogP contribution in [0.3, 0.4) is 0 Å². The summed E-state index contributed by atoms with van der Waals surface area (Å²) in [6.07, 6.45) is 4.97. The molecule has 19 heavy (non-hydrogen) atoms. The molecular weight excluding hydrogens is 305 g/mol. The van der Waals surface area contributed by atoms with E-state index in [9.17, 15) is 4.39 Å². The summed E-state index contributed by atoms with van der Waals surface area (Å²) in [4.78, 5) is 0. The lowest BCUT2D eigenvalue weighted by Gasteiger charge is -2.26. The number of benzene rings is 1. The average molecular weight is 328 g/mol. The van der Waals surface area contributed by atoms with Crippen LogP contribution in [-0.2, 0) is 0 Å². The average Bonchev–Trinajstić information content (AvgIpc) is 2.88. The first-order valence-electron chi connectivity index (χ1n) is 7.34. The van der Waals surface area contributed by atoms with Gasteiger partial charge in [0.1, 0.15) is 5.82 Å². The molecule has 106 valence electrons. The minimum absolute atomic E-state index is 0.103. The Bertz CT molecular complexity index is 421. The van der Waals surface area contributed by atoms with Crippen molar-refractivity contribution in [1.82, 2.24) is 5.32 Å². The Hall–Kier alpha value is -0.410. The number of halogens is 2. The van der Waals surface area contributed by atoms with Gasteiger partial charge in [0.15, 0.2) is 0 Å². The fourth-order valence-corrected chi connectivity index (χ4v) is 3.68. The third-order valence-corrected chi connectivity index (χ3v) is 4.98. The van der Waals surface area contributed by atoms with Crippen LogP contribution in [0, 0.1) is 17.7 Å². The first kappa shape index (κ1) is 15.0. The normalized spacial score (nSPS) is 24.6. The molecule has 3 atom stereocenters. The predicted octanol–water partition coefficient (Wildman–Crippen LogP) is 5.07. The Kier molecular flexibility index (Phi) is 5.40. The fourth-order valence-electron chi connectivity index (χ4n) is 3.30. The summed E-state index contributed by atoms with van der Waals surface area (Å²) in [5.41, 5.74) is 0.818. The molecule has 1 N–H and O–H groups in total. The molecule has 0 bridgehead atoms. The first-order valence-corrected chi connectivity index (χ1v) is 8.13. The summed E-state index contributed by atoms with van der Waals surface area (Å²) in [7, 11) is 0. The van der Waals surface area contributed by atoms with Crippen LogP contribution >= 0.6 is 15.9 Å². The minimum Gasteiger partial charge on any atom is -0.310 e. The molecule has 1 fully saturated rings. The molecule has 0 aromatic heterocycles. The van der Waals surface area contributed by atoms with Gasteiger partial charge in [0.05, 0.1) is 4.47 Å². The van der Waals surface area contributed by atoms with Crippen molar-refractivity contribution in [2.24, 2.45) is 11.8 Å². The Morgan fingerprint density at radius 1 is 1.37 bits per heavy atom. The van der Waals surface area contributed by atoms with E-state index < -0.39 is 0 Å². The fraction of sp³-hybridized carbons (Fsp3) is 0.625. The maximum atomic E-state index is 14.3. The van der Waals surface area contributed by atoms with Crippen LogP contribution < -0.4 is 5.32 Å². The molecule has 0 heterocycles. The van der Waals surface area contributed by atoms with E-state index in [4.69, 9.17) is 0 Å². The van der Waals surface area contributed by atoms with Gasteiger partial charge in [-0.05, 0) is 53.2 Å². The predicted molar refractivity (Wildman–Crippen MR) is 81.6 cm³/mol. The van der Waals surface area contributed by atoms with E-state index in [1.54, 1.807) is 6.07 Å². The van der Waals surface area contributed by atoms with E-state index in [-0.39, 0.29) is 11.9 Å². The quantitative estimate of drug-likeness (QED) is 0.796. The standard InChI is InChI=1S/C16H23BrFN/c1-3-11-8-9-12(10-11)16(19-4-2)13-6-5-7-14(17)15(13)18/h5-7,11-12,16,19H,3-4,8-10H2,1-2H3. The zero-order valence-corrected chi connectivity index (χ0v) is 13.3. The van der Waals surface area contributed by atoms with Gasteiger partial charge in [-0.3, -0.25) is 0 Å². The van der Waals surface area contributed by atoms with Gasteiger partial charge in [-0.25, -0.2) is 4.39 Å². The molecule has 1 aliphatic carbocycles. The number of nitrogens with one attached hydrogen (secondary N) is 1. The molecule has 1 aliphatic rings. The van der Waals surface area contributed by atoms with E-state index in [2.05, 4.69) is 35.1 Å². The Morgan fingerprint density at radius 3 is 2.79 bits per heavy atom. The molecule has 1 nitrogen and oxygen atoms in total. The van der Waals surface area contributed by atoms with Gasteiger partial charge < -0.3 is 5.32 Å². The van der Waals surface area contributed by atoms with Crippen LogP contribution in [0.4, 0.5) is 4.39 Å². The summed E-state index contributed by atoms with van der Waals surface area (Å²) in [5.74, 6) is 1.28. The molecule has 3 heteroatoms. The largest absolute Gasteiger partial charge is 0.310 e. The van der Waals surface area contributed by atoms with Crippen molar-refractivity contribution in [3.8, 4) is 0 Å². The van der Waals surface area contributed by atoms with E-state index in [0.29, 0.717) is 10.4 Å². The highest BCUT2D eigenvalue weighted by Gasteiger charge is 2.32. The number of rotatable bonds is 5. The second-order valence-electron chi connectivity index (χ2n) is 5.53. The van der Waals surface area contributed by atoms with Crippen molar-refractivity contribution in [3.63, 3.8) is 0 Å². The van der Waals surface area contributed by atoms with E-state index in [1.165, 1.54) is 25.7 Å². The lowest BCUT2D eigenvalue weighted by molar-refractivity contribution is 0.349. The number of hydrogen-bond acceptors (Lipinski definition) is 1. The lowest BCUT2D eigenvalue weighted by atomic mass is 9.90. The monoisotopic (exact) mass is 327 g/mol. The van der Waals surface area contributed by atoms with Gasteiger partial charge in [-0.1, -0.05) is 38.8 Å². The van der Waals surface area contributed by atoms with Crippen LogP contribution in [0.15, 0.2) is 22.7 Å². The maximum absolute atomic E-state index is 14.3. The van der Waals surface area contributed by atoms with Crippen LogP contribution in [0.25, 0.3) is 0 Å². The highest BCUT2D eigenvalue weighted by Crippen LogP contribution is 2.41. The second kappa shape index (κ2) is 6.85. The molecule has 0 saturated heterocycles. The summed E-state index contributed by atoms with van der Waals surface area (Å²) in [6, 6.07) is 5.77. The molecular formula is C16H23BrFN. The highest BCUT2D eigenvalue weighted by molar-refractivity contribution is 9.10. The highest BCUT2D eigenvalue weighted by atomic mass is 79.9. The van der Waals surface area contributed by atoms with Gasteiger partial charge in [0, 0.05) is 11.6 Å². The molecule has 2 rings (SSSR count). The third-order valence-electron chi connectivity index (χ3n) is 4.37. The first-order chi connectivity index (χ1) is 9.17. The van der Waals surface area contributed by atoms with Gasteiger partial charge in [-0.15, -0.1) is 0 Å². The maximum Gasteiger partial charge on any atom is 0.142 e. The van der Waals surface area contributed by atoms with Crippen molar-refractivity contribution in [2.75, 3.05) is 6.54 Å². The summed E-state index contributed by atoms with van der Waals surface area (Å²) < 4.78 is 14.9. The topological polar surface area (TPSA) is 12.0 Å². The van der Waals surface area contributed by atoms with Crippen molar-refractivity contribution in [3.05, 3.63) is 34.1 Å². The van der Waals surface area contributed by atoms with Crippen molar-refractivity contribution in [1.29, 1.82) is 0 Å². The molecule has 1 aromatic carbocycles. The van der Waals surface area contributed by atoms with E-state index in [1.807, 2.05) is 12.1 Å². The molecule has 1 saturated carbocycles. The number of hydrogen-bond donors (Lipinski definition) is 1. The molecule has 0 amide bonds. The lowest BCUT2D eigenvalue weighted by Crippen LogP contribution is -2.28. The zero-order valence-electron chi connectivity index (χ0n) is 11.8. The summed E-state index contributed by atoms with van der Waals surface area (Å²) in [5, 5.41) is 3.49. The summed E-state index contributed by atoms with van der Waals surface area (Å²) >= 11 is 3.30. The SMILES string of the molecule is CCNC(c1cccc(Br)c1F)C1CCC(CC)C1. The van der Waals surface area contributed by atoms with Crippen LogP contribution in [-0.4, -0.2) is 6.54 Å². The molecule has 1 aromatic rings. The van der Waals surface area contributed by atoms with Gasteiger partial charge in [-0.2, -0.15) is 0 Å². The Balaban J connectivity index is 2.22. The summed E-state index contributed by atoms with van der Waals surface area (Å²) in [6.45, 7) is 5.23. The third kappa shape index (κ3) is 3.38. The molecule has 3 unspecified atom stereocenters. The van der Waals surface area contributed by atoms with Crippen LogP contribution in [0.1, 0.15) is 51.1 Å². The smallest absolute Gasteiger partial charge is 0.142 e. The van der Waals surface area contributed by atoms with Crippen molar-refractivity contribution < 1.29 is 4.39 Å². The Morgan fingerprint density at radius 2 is 2.16 bits per heavy atom. The van der Waals surface area contributed by atoms with Crippen LogP contribution in [0.5, 0.6) is 0 Å². The second-order valence-corrected chi connectivity index (χ2v) is 6.38. The van der Waals surface area contributed by atoms with Crippen LogP contribution in [0.2, 0.25) is 0 Å². The van der Waals surface area contributed by atoms with Crippen molar-refractivity contribution in [2.45, 2.75) is 45.6 Å². The zero-order chi connectivity index (χ0) is 13.8. The molecule has 0 spiro atoms. The van der Waals surface area contributed by atoms with Gasteiger partial charge >= 0.3 is 0 Å². The van der Waals surface area contributed by atoms with Gasteiger partial charge in [0.2, 0.25) is 0 Å².